The number of pyridine rings is 1. The van der Waals surface area contributed by atoms with Gasteiger partial charge in [-0.3, -0.25) is 9.98 Å². The molecular weight excluding hydrogens is 346 g/mol. The highest BCUT2D eigenvalue weighted by atomic mass is 35.5. The summed E-state index contributed by atoms with van der Waals surface area (Å²) in [6, 6.07) is 19.7. The van der Waals surface area contributed by atoms with Crippen molar-refractivity contribution in [1.82, 2.24) is 4.98 Å². The first-order valence-electron chi connectivity index (χ1n) is 8.47. The lowest BCUT2D eigenvalue weighted by molar-refractivity contribution is 0.227. The maximum absolute atomic E-state index is 6.43. The number of benzene rings is 2. The molecular formula is C21H18ClN3O. The number of halogens is 1. The molecule has 26 heavy (non-hydrogen) atoms. The number of hydrogen-bond donors (Lipinski definition) is 1. The summed E-state index contributed by atoms with van der Waals surface area (Å²) in [7, 11) is 0. The number of amidine groups is 1. The number of ether oxygens (including phenoxy) is 1. The fourth-order valence-corrected chi connectivity index (χ4v) is 3.14. The molecule has 1 atom stereocenters. The zero-order chi connectivity index (χ0) is 17.9. The topological polar surface area (TPSA) is 46.5 Å². The Kier molecular flexibility index (Phi) is 4.59. The summed E-state index contributed by atoms with van der Waals surface area (Å²) in [6.45, 7) is 2.66. The Bertz CT molecular complexity index is 956. The number of nitrogens with one attached hydrogen (secondary N) is 1. The zero-order valence-electron chi connectivity index (χ0n) is 14.3. The molecule has 1 unspecified atom stereocenters. The van der Waals surface area contributed by atoms with Crippen LogP contribution in [-0.2, 0) is 6.54 Å². The van der Waals surface area contributed by atoms with Crippen molar-refractivity contribution >= 4 is 23.1 Å². The molecule has 0 bridgehead atoms. The summed E-state index contributed by atoms with van der Waals surface area (Å²) in [5.74, 6) is 1.42. The number of fused-ring (bicyclic) bond motifs is 1. The van der Waals surface area contributed by atoms with Crippen LogP contribution in [0.2, 0.25) is 5.02 Å². The van der Waals surface area contributed by atoms with Crippen LogP contribution in [0.25, 0.3) is 0 Å². The molecule has 1 aliphatic heterocycles. The second-order valence-electron chi connectivity index (χ2n) is 6.12. The maximum Gasteiger partial charge on any atom is 0.152 e. The van der Waals surface area contributed by atoms with Gasteiger partial charge in [0.25, 0.3) is 0 Å². The third-order valence-corrected chi connectivity index (χ3v) is 4.59. The van der Waals surface area contributed by atoms with Crippen molar-refractivity contribution in [2.24, 2.45) is 4.99 Å². The van der Waals surface area contributed by atoms with Gasteiger partial charge in [-0.05, 0) is 36.8 Å². The van der Waals surface area contributed by atoms with E-state index in [2.05, 4.69) is 15.3 Å². The fourth-order valence-electron chi connectivity index (χ4n) is 2.91. The summed E-state index contributed by atoms with van der Waals surface area (Å²) in [5.41, 5.74) is 3.97. The van der Waals surface area contributed by atoms with Crippen molar-refractivity contribution in [3.8, 4) is 5.75 Å². The van der Waals surface area contributed by atoms with Crippen molar-refractivity contribution in [3.05, 3.63) is 88.7 Å². The SMILES string of the molecule is CC(Oc1ccc(NC2=NCc3cccnc32)cc1Cl)c1ccccc1. The van der Waals surface area contributed by atoms with Crippen LogP contribution in [0.3, 0.4) is 0 Å². The summed E-state index contributed by atoms with van der Waals surface area (Å²) in [6.07, 6.45) is 1.69. The lowest BCUT2D eigenvalue weighted by atomic mass is 10.1. The monoisotopic (exact) mass is 363 g/mol. The van der Waals surface area contributed by atoms with Crippen LogP contribution in [0.5, 0.6) is 5.75 Å². The predicted octanol–water partition coefficient (Wildman–Crippen LogP) is 5.25. The molecule has 2 aromatic carbocycles. The third-order valence-electron chi connectivity index (χ3n) is 4.29. The van der Waals surface area contributed by atoms with Crippen molar-refractivity contribution in [1.29, 1.82) is 0 Å². The fraction of sp³-hybridized carbons (Fsp3) is 0.143. The molecule has 130 valence electrons. The molecule has 2 heterocycles. The highest BCUT2D eigenvalue weighted by Crippen LogP contribution is 2.32. The van der Waals surface area contributed by atoms with Crippen molar-refractivity contribution in [3.63, 3.8) is 0 Å². The lowest BCUT2D eigenvalue weighted by Gasteiger charge is -2.17. The molecule has 0 fully saturated rings. The molecule has 0 spiro atoms. The molecule has 5 heteroatoms. The molecule has 0 aliphatic carbocycles. The Labute approximate surface area is 157 Å². The maximum atomic E-state index is 6.43. The van der Waals surface area contributed by atoms with Crippen LogP contribution in [-0.4, -0.2) is 10.8 Å². The van der Waals surface area contributed by atoms with Gasteiger partial charge < -0.3 is 10.1 Å². The van der Waals surface area contributed by atoms with Gasteiger partial charge in [0.1, 0.15) is 17.5 Å². The Morgan fingerprint density at radius 3 is 2.73 bits per heavy atom. The Morgan fingerprint density at radius 1 is 1.08 bits per heavy atom. The van der Waals surface area contributed by atoms with E-state index in [0.29, 0.717) is 17.3 Å². The Morgan fingerprint density at radius 2 is 1.92 bits per heavy atom. The van der Waals surface area contributed by atoms with Crippen LogP contribution >= 0.6 is 11.6 Å². The van der Waals surface area contributed by atoms with E-state index in [0.717, 1.165) is 28.3 Å². The van der Waals surface area contributed by atoms with Crippen molar-refractivity contribution in [2.75, 3.05) is 5.32 Å². The first kappa shape index (κ1) is 16.6. The second-order valence-corrected chi connectivity index (χ2v) is 6.52. The van der Waals surface area contributed by atoms with Gasteiger partial charge >= 0.3 is 0 Å². The molecule has 0 amide bonds. The summed E-state index contributed by atoms with van der Waals surface area (Å²) in [4.78, 5) is 8.91. The van der Waals surface area contributed by atoms with Crippen molar-refractivity contribution < 1.29 is 4.74 Å². The van der Waals surface area contributed by atoms with Crippen LogP contribution < -0.4 is 10.1 Å². The zero-order valence-corrected chi connectivity index (χ0v) is 15.1. The van der Waals surface area contributed by atoms with Gasteiger partial charge in [-0.15, -0.1) is 0 Å². The Balaban J connectivity index is 1.48. The van der Waals surface area contributed by atoms with E-state index in [1.807, 2.05) is 67.6 Å². The highest BCUT2D eigenvalue weighted by molar-refractivity contribution is 6.32. The van der Waals surface area contributed by atoms with E-state index >= 15 is 0 Å². The molecule has 1 aromatic heterocycles. The van der Waals surface area contributed by atoms with Gasteiger partial charge in [0, 0.05) is 17.4 Å². The number of aromatic nitrogens is 1. The largest absolute Gasteiger partial charge is 0.484 e. The minimum Gasteiger partial charge on any atom is -0.484 e. The first-order chi connectivity index (χ1) is 12.7. The van der Waals surface area contributed by atoms with Crippen LogP contribution in [0.1, 0.15) is 29.8 Å². The average molecular weight is 364 g/mol. The average Bonchev–Trinajstić information content (AvgIpc) is 3.08. The van der Waals surface area contributed by atoms with Crippen molar-refractivity contribution in [2.45, 2.75) is 19.6 Å². The van der Waals surface area contributed by atoms with E-state index in [9.17, 15) is 0 Å². The van der Waals surface area contributed by atoms with Crippen LogP contribution in [0.4, 0.5) is 5.69 Å². The molecule has 0 saturated carbocycles. The summed E-state index contributed by atoms with van der Waals surface area (Å²) >= 11 is 6.43. The number of hydrogen-bond acceptors (Lipinski definition) is 4. The van der Waals surface area contributed by atoms with Crippen LogP contribution in [0.15, 0.2) is 71.9 Å². The molecule has 1 N–H and O–H groups in total. The standard InChI is InChI=1S/C21H18ClN3O/c1-14(15-6-3-2-4-7-15)26-19-10-9-17(12-18(19)22)25-21-20-16(13-24-21)8-5-11-23-20/h2-12,14H,13H2,1H3,(H,24,25). The van der Waals surface area contributed by atoms with Gasteiger partial charge in [0.15, 0.2) is 5.84 Å². The van der Waals surface area contributed by atoms with E-state index in [1.165, 1.54) is 0 Å². The lowest BCUT2D eigenvalue weighted by Crippen LogP contribution is -2.13. The van der Waals surface area contributed by atoms with Gasteiger partial charge in [-0.1, -0.05) is 48.0 Å². The predicted molar refractivity (Wildman–Crippen MR) is 105 cm³/mol. The molecule has 1 aliphatic rings. The number of nitrogens with zero attached hydrogens (tertiary/aromatic N) is 2. The highest BCUT2D eigenvalue weighted by Gasteiger charge is 2.17. The first-order valence-corrected chi connectivity index (χ1v) is 8.85. The number of aliphatic imine (C=N–C) groups is 1. The minimum absolute atomic E-state index is 0.0807. The Hall–Kier alpha value is -2.85. The van der Waals surface area contributed by atoms with Gasteiger partial charge in [-0.2, -0.15) is 0 Å². The number of anilines is 1. The van der Waals surface area contributed by atoms with E-state index in [4.69, 9.17) is 16.3 Å². The van der Waals surface area contributed by atoms with Crippen LogP contribution in [0, 0.1) is 0 Å². The van der Waals surface area contributed by atoms with E-state index in [1.54, 1.807) is 6.20 Å². The number of rotatable bonds is 4. The van der Waals surface area contributed by atoms with Gasteiger partial charge in [0.2, 0.25) is 0 Å². The summed E-state index contributed by atoms with van der Waals surface area (Å²) in [5, 5.41) is 3.85. The molecule has 0 radical (unpaired) electrons. The second kappa shape index (κ2) is 7.18. The normalized spacial score (nSPS) is 13.7. The van der Waals surface area contributed by atoms with Gasteiger partial charge in [0.05, 0.1) is 11.6 Å². The molecule has 4 rings (SSSR count). The molecule has 4 nitrogen and oxygen atoms in total. The smallest absolute Gasteiger partial charge is 0.152 e. The van der Waals surface area contributed by atoms with E-state index < -0.39 is 0 Å². The quantitative estimate of drug-likeness (QED) is 0.688. The van der Waals surface area contributed by atoms with Gasteiger partial charge in [-0.25, -0.2) is 0 Å². The third kappa shape index (κ3) is 3.41. The molecule has 0 saturated heterocycles. The summed E-state index contributed by atoms with van der Waals surface area (Å²) < 4.78 is 6.01. The minimum atomic E-state index is -0.0807. The molecule has 3 aromatic rings. The van der Waals surface area contributed by atoms with E-state index in [-0.39, 0.29) is 6.10 Å².